The summed E-state index contributed by atoms with van der Waals surface area (Å²) in [6.45, 7) is 5.65. The molecule has 0 saturated carbocycles. The number of methoxy groups -OCH3 is 1. The third-order valence-corrected chi connectivity index (χ3v) is 5.57. The number of H-pyrrole nitrogens is 1. The van der Waals surface area contributed by atoms with E-state index in [1.54, 1.807) is 20.8 Å². The van der Waals surface area contributed by atoms with E-state index in [2.05, 4.69) is 4.98 Å². The Morgan fingerprint density at radius 3 is 2.21 bits per heavy atom. The summed E-state index contributed by atoms with van der Waals surface area (Å²) in [5, 5.41) is 0. The molecule has 0 bridgehead atoms. The Labute approximate surface area is 141 Å². The zero-order chi connectivity index (χ0) is 17.7. The number of aromatic nitrogens is 1. The number of carbonyl (C=O) groups is 1. The molecule has 1 heterocycles. The molecule has 0 amide bonds. The molecule has 0 aliphatic carbocycles. The molecular weight excluding hydrogens is 329 g/mol. The average Bonchev–Trinajstić information content (AvgIpc) is 2.93. The van der Waals surface area contributed by atoms with E-state index in [4.69, 9.17) is 13.8 Å². The minimum absolute atomic E-state index is 0.219. The zero-order valence-electron chi connectivity index (χ0n) is 14.3. The van der Waals surface area contributed by atoms with Gasteiger partial charge in [0, 0.05) is 11.3 Å². The lowest BCUT2D eigenvalue weighted by Gasteiger charge is -2.18. The number of hydrogen-bond acceptors (Lipinski definition) is 5. The first kappa shape index (κ1) is 18.5. The molecule has 1 aromatic heterocycles. The molecule has 24 heavy (non-hydrogen) atoms. The number of esters is 1. The second kappa shape index (κ2) is 7.79. The Morgan fingerprint density at radius 2 is 1.71 bits per heavy atom. The van der Waals surface area contributed by atoms with Gasteiger partial charge in [0.15, 0.2) is 0 Å². The van der Waals surface area contributed by atoms with E-state index in [0.29, 0.717) is 16.8 Å². The molecule has 1 N–H and O–H groups in total. The van der Waals surface area contributed by atoms with Crippen molar-refractivity contribution < 1.29 is 23.1 Å². The number of aromatic amines is 1. The number of carbonyl (C=O) groups excluding carboxylic acids is 1. The Balaban J connectivity index is 2.77. The lowest BCUT2D eigenvalue weighted by molar-refractivity contribution is 0.0601. The lowest BCUT2D eigenvalue weighted by atomic mass is 10.0. The molecular formula is C17H22NO5P. The van der Waals surface area contributed by atoms with Crippen molar-refractivity contribution in [2.75, 3.05) is 20.3 Å². The van der Waals surface area contributed by atoms with Crippen LogP contribution in [0.25, 0.3) is 11.1 Å². The summed E-state index contributed by atoms with van der Waals surface area (Å²) in [6.07, 6.45) is 0. The van der Waals surface area contributed by atoms with E-state index in [-0.39, 0.29) is 18.6 Å². The smallest absolute Gasteiger partial charge is 0.378 e. The summed E-state index contributed by atoms with van der Waals surface area (Å²) in [5.41, 5.74) is 2.38. The van der Waals surface area contributed by atoms with Gasteiger partial charge in [-0.25, -0.2) is 4.79 Å². The average molecular weight is 351 g/mol. The van der Waals surface area contributed by atoms with Gasteiger partial charge in [0.05, 0.1) is 25.9 Å². The maximum Gasteiger partial charge on any atom is 0.378 e. The Hall–Kier alpha value is -1.88. The van der Waals surface area contributed by atoms with Crippen molar-refractivity contribution in [3.63, 3.8) is 0 Å². The van der Waals surface area contributed by atoms with Crippen LogP contribution in [0.1, 0.15) is 29.9 Å². The van der Waals surface area contributed by atoms with Crippen LogP contribution >= 0.6 is 7.60 Å². The number of ether oxygens (including phenoxy) is 1. The van der Waals surface area contributed by atoms with Crippen molar-refractivity contribution in [3.05, 3.63) is 41.6 Å². The van der Waals surface area contributed by atoms with E-state index in [1.165, 1.54) is 7.11 Å². The van der Waals surface area contributed by atoms with Crippen molar-refractivity contribution in [1.82, 2.24) is 4.98 Å². The second-order valence-electron chi connectivity index (χ2n) is 5.04. The standard InChI is InChI=1S/C17H22NO5P/c1-5-22-24(20,23-6-2)16-15(13-10-8-7-9-11-13)14(12(3)18-16)17(19)21-4/h7-11,18H,5-6H2,1-4H3. The van der Waals surface area contributed by atoms with Crippen molar-refractivity contribution >= 4 is 19.0 Å². The Kier molecular flexibility index (Phi) is 5.99. The van der Waals surface area contributed by atoms with Gasteiger partial charge in [-0.05, 0) is 26.3 Å². The Morgan fingerprint density at radius 1 is 1.12 bits per heavy atom. The fourth-order valence-corrected chi connectivity index (χ4v) is 4.40. The fourth-order valence-electron chi connectivity index (χ4n) is 2.56. The van der Waals surface area contributed by atoms with Crippen molar-refractivity contribution in [3.8, 4) is 11.1 Å². The van der Waals surface area contributed by atoms with Crippen molar-refractivity contribution in [2.24, 2.45) is 0 Å². The molecule has 0 spiro atoms. The molecule has 2 rings (SSSR count). The molecule has 0 fully saturated rings. The molecule has 7 heteroatoms. The normalized spacial score (nSPS) is 11.5. The van der Waals surface area contributed by atoms with Gasteiger partial charge in [-0.15, -0.1) is 0 Å². The summed E-state index contributed by atoms with van der Waals surface area (Å²) < 4.78 is 29.1. The van der Waals surface area contributed by atoms with Gasteiger partial charge in [-0.2, -0.15) is 0 Å². The molecule has 6 nitrogen and oxygen atoms in total. The quantitative estimate of drug-likeness (QED) is 0.608. The van der Waals surface area contributed by atoms with Crippen LogP contribution < -0.4 is 5.44 Å². The van der Waals surface area contributed by atoms with Crippen LogP contribution in [0.5, 0.6) is 0 Å². The minimum Gasteiger partial charge on any atom is -0.465 e. The molecule has 130 valence electrons. The highest BCUT2D eigenvalue weighted by atomic mass is 31.2. The predicted octanol–water partition coefficient (Wildman–Crippen LogP) is 3.67. The maximum atomic E-state index is 13.3. The maximum absolute atomic E-state index is 13.3. The third kappa shape index (κ3) is 3.46. The first-order chi connectivity index (χ1) is 11.5. The highest BCUT2D eigenvalue weighted by Gasteiger charge is 2.36. The van der Waals surface area contributed by atoms with Crippen LogP contribution in [-0.4, -0.2) is 31.3 Å². The van der Waals surface area contributed by atoms with Gasteiger partial charge >= 0.3 is 13.6 Å². The molecule has 0 aliphatic heterocycles. The van der Waals surface area contributed by atoms with Gasteiger partial charge < -0.3 is 18.8 Å². The van der Waals surface area contributed by atoms with E-state index < -0.39 is 13.6 Å². The highest BCUT2D eigenvalue weighted by Crippen LogP contribution is 2.50. The zero-order valence-corrected chi connectivity index (χ0v) is 15.2. The van der Waals surface area contributed by atoms with Crippen LogP contribution in [-0.2, 0) is 18.3 Å². The highest BCUT2D eigenvalue weighted by molar-refractivity contribution is 7.62. The van der Waals surface area contributed by atoms with E-state index in [0.717, 1.165) is 5.56 Å². The Bertz CT molecular complexity index is 744. The minimum atomic E-state index is -3.59. The summed E-state index contributed by atoms with van der Waals surface area (Å²) in [7, 11) is -2.28. The van der Waals surface area contributed by atoms with Gasteiger partial charge in [-0.3, -0.25) is 4.57 Å². The number of aryl methyl sites for hydroxylation is 1. The van der Waals surface area contributed by atoms with Crippen LogP contribution in [0.3, 0.4) is 0 Å². The van der Waals surface area contributed by atoms with Gasteiger partial charge in [0.2, 0.25) is 0 Å². The first-order valence-electron chi connectivity index (χ1n) is 7.74. The van der Waals surface area contributed by atoms with Crippen LogP contribution in [0.2, 0.25) is 0 Å². The van der Waals surface area contributed by atoms with Crippen molar-refractivity contribution in [1.29, 1.82) is 0 Å². The largest absolute Gasteiger partial charge is 0.465 e. The van der Waals surface area contributed by atoms with E-state index in [9.17, 15) is 9.36 Å². The molecule has 0 aliphatic rings. The van der Waals surface area contributed by atoms with Crippen molar-refractivity contribution in [2.45, 2.75) is 20.8 Å². The first-order valence-corrected chi connectivity index (χ1v) is 9.28. The molecule has 0 unspecified atom stereocenters. The molecule has 0 saturated heterocycles. The molecule has 0 radical (unpaired) electrons. The van der Waals surface area contributed by atoms with Gasteiger partial charge in [0.25, 0.3) is 0 Å². The van der Waals surface area contributed by atoms with Gasteiger partial charge in [-0.1, -0.05) is 30.3 Å². The van der Waals surface area contributed by atoms with Crippen LogP contribution in [0.4, 0.5) is 0 Å². The number of rotatable bonds is 7. The van der Waals surface area contributed by atoms with Crippen LogP contribution in [0, 0.1) is 6.92 Å². The summed E-state index contributed by atoms with van der Waals surface area (Å²) in [5.74, 6) is -0.506. The second-order valence-corrected chi connectivity index (χ2v) is 7.00. The fraction of sp³-hybridized carbons (Fsp3) is 0.353. The number of benzene rings is 1. The van der Waals surface area contributed by atoms with Gasteiger partial charge in [0.1, 0.15) is 5.44 Å². The molecule has 2 aromatic rings. The summed E-state index contributed by atoms with van der Waals surface area (Å²) in [4.78, 5) is 15.3. The lowest BCUT2D eigenvalue weighted by Crippen LogP contribution is -2.15. The van der Waals surface area contributed by atoms with E-state index >= 15 is 0 Å². The summed E-state index contributed by atoms with van der Waals surface area (Å²) >= 11 is 0. The SMILES string of the molecule is CCOP(=O)(OCC)c1[nH]c(C)c(C(=O)OC)c1-c1ccccc1. The number of hydrogen-bond donors (Lipinski definition) is 1. The third-order valence-electron chi connectivity index (χ3n) is 3.49. The molecule has 1 aromatic carbocycles. The van der Waals surface area contributed by atoms with Crippen LogP contribution in [0.15, 0.2) is 30.3 Å². The number of nitrogens with one attached hydrogen (secondary N) is 1. The summed E-state index contributed by atoms with van der Waals surface area (Å²) in [6, 6.07) is 9.22. The van der Waals surface area contributed by atoms with E-state index in [1.807, 2.05) is 30.3 Å². The predicted molar refractivity (Wildman–Crippen MR) is 92.8 cm³/mol. The topological polar surface area (TPSA) is 77.6 Å². The monoisotopic (exact) mass is 351 g/mol. The molecule has 0 atom stereocenters.